The van der Waals surface area contributed by atoms with Crippen molar-refractivity contribution in [3.05, 3.63) is 66.5 Å². The molecule has 0 aliphatic heterocycles. The summed E-state index contributed by atoms with van der Waals surface area (Å²) in [5.74, 6) is -0.545. The Hall–Kier alpha value is -4.16. The quantitative estimate of drug-likeness (QED) is 0.189. The second-order valence-electron chi connectivity index (χ2n) is 8.12. The Bertz CT molecular complexity index is 1410. The monoisotopic (exact) mass is 541 g/mol. The number of nitrogens with zero attached hydrogens (tertiary/aromatic N) is 3. The molecule has 0 radical (unpaired) electrons. The summed E-state index contributed by atoms with van der Waals surface area (Å²) in [6, 6.07) is 12.8. The highest BCUT2D eigenvalue weighted by atomic mass is 19.4. The van der Waals surface area contributed by atoms with Crippen molar-refractivity contribution in [3.63, 3.8) is 0 Å². The van der Waals surface area contributed by atoms with Crippen LogP contribution in [-0.2, 0) is 29.2 Å². The molecule has 2 aromatic carbocycles. The van der Waals surface area contributed by atoms with Crippen molar-refractivity contribution in [1.29, 1.82) is 0 Å². The van der Waals surface area contributed by atoms with E-state index >= 15 is 0 Å². The summed E-state index contributed by atoms with van der Waals surface area (Å²) in [5, 5.41) is 4.81. The molecule has 0 atom stereocenters. The Morgan fingerprint density at radius 2 is 1.66 bits per heavy atom. The zero-order valence-corrected chi connectivity index (χ0v) is 19.8. The van der Waals surface area contributed by atoms with Crippen LogP contribution in [0.3, 0.4) is 0 Å². The highest BCUT2D eigenvalue weighted by Crippen LogP contribution is 2.29. The third-order valence-corrected chi connectivity index (χ3v) is 5.31. The van der Waals surface area contributed by atoms with Crippen LogP contribution in [0.25, 0.3) is 22.2 Å². The normalized spacial score (nSPS) is 12.1. The van der Waals surface area contributed by atoms with Gasteiger partial charge in [0.1, 0.15) is 31.2 Å². The maximum absolute atomic E-state index is 13.2. The first-order chi connectivity index (χ1) is 17.9. The molecule has 4 rings (SSSR count). The van der Waals surface area contributed by atoms with Crippen LogP contribution in [0.5, 0.6) is 11.5 Å². The highest BCUT2D eigenvalue weighted by Gasteiger charge is 2.31. The molecule has 0 spiro atoms. The van der Waals surface area contributed by atoms with Crippen molar-refractivity contribution >= 4 is 16.9 Å². The lowest BCUT2D eigenvalue weighted by molar-refractivity contribution is -0.274. The SMILES string of the molecule is CCOC(=O)Cn1ccc2ccc(OCc3cc(-c4ccc(OC(F)(F)F)cc4)nn3CC(F)(F)F)cc21. The molecule has 7 nitrogen and oxygen atoms in total. The van der Waals surface area contributed by atoms with Gasteiger partial charge in [0.05, 0.1) is 23.5 Å². The topological polar surface area (TPSA) is 67.5 Å². The molecule has 0 fully saturated rings. The van der Waals surface area contributed by atoms with E-state index in [0.29, 0.717) is 16.8 Å². The summed E-state index contributed by atoms with van der Waals surface area (Å²) in [6.07, 6.45) is -7.74. The molecule has 202 valence electrons. The van der Waals surface area contributed by atoms with Gasteiger partial charge in [0, 0.05) is 17.8 Å². The first-order valence-electron chi connectivity index (χ1n) is 11.3. The first-order valence-corrected chi connectivity index (χ1v) is 11.3. The fourth-order valence-corrected chi connectivity index (χ4v) is 3.74. The van der Waals surface area contributed by atoms with Crippen molar-refractivity contribution in [2.24, 2.45) is 0 Å². The molecule has 0 unspecified atom stereocenters. The second-order valence-corrected chi connectivity index (χ2v) is 8.12. The minimum absolute atomic E-state index is 0.0185. The fourth-order valence-electron chi connectivity index (χ4n) is 3.74. The fraction of sp³-hybridized carbons (Fsp3) is 0.280. The van der Waals surface area contributed by atoms with Crippen molar-refractivity contribution < 1.29 is 45.3 Å². The number of carbonyl (C=O) groups excluding carboxylic acids is 1. The van der Waals surface area contributed by atoms with Crippen molar-refractivity contribution in [2.45, 2.75) is 39.2 Å². The number of halogens is 6. The van der Waals surface area contributed by atoms with Crippen LogP contribution in [-0.4, -0.2) is 39.5 Å². The predicted molar refractivity (Wildman–Crippen MR) is 123 cm³/mol. The Labute approximate surface area is 212 Å². The molecule has 0 aliphatic carbocycles. The van der Waals surface area contributed by atoms with Gasteiger partial charge in [-0.05, 0) is 60.8 Å². The van der Waals surface area contributed by atoms with Gasteiger partial charge in [-0.15, -0.1) is 13.2 Å². The van der Waals surface area contributed by atoms with Crippen LogP contribution in [0.15, 0.2) is 60.8 Å². The number of hydrogen-bond acceptors (Lipinski definition) is 5. The van der Waals surface area contributed by atoms with Crippen LogP contribution in [0.1, 0.15) is 12.6 Å². The molecule has 0 bridgehead atoms. The van der Waals surface area contributed by atoms with Crippen LogP contribution in [0, 0.1) is 0 Å². The summed E-state index contributed by atoms with van der Waals surface area (Å²) in [5.41, 5.74) is 1.17. The van der Waals surface area contributed by atoms with E-state index < -0.39 is 30.8 Å². The highest BCUT2D eigenvalue weighted by molar-refractivity contribution is 5.83. The Balaban J connectivity index is 1.55. The standard InChI is InChI=1S/C25H21F6N3O4/c1-2-36-23(35)13-33-10-9-17-5-8-20(12-22(17)33)37-14-18-11-21(32-34(18)15-24(26,27)28)16-3-6-19(7-4-16)38-25(29,30)31/h3-12H,2,13-15H2,1H3. The molecule has 0 aliphatic rings. The van der Waals surface area contributed by atoms with Crippen LogP contribution >= 0.6 is 0 Å². The molecule has 2 heterocycles. The van der Waals surface area contributed by atoms with E-state index in [4.69, 9.17) is 9.47 Å². The van der Waals surface area contributed by atoms with Crippen LogP contribution < -0.4 is 9.47 Å². The molecule has 0 amide bonds. The predicted octanol–water partition coefficient (Wildman–Crippen LogP) is 6.11. The molecule has 0 saturated carbocycles. The number of esters is 1. The lowest BCUT2D eigenvalue weighted by Gasteiger charge is -2.12. The van der Waals surface area contributed by atoms with Gasteiger partial charge >= 0.3 is 18.5 Å². The summed E-state index contributed by atoms with van der Waals surface area (Å²) in [7, 11) is 0. The van der Waals surface area contributed by atoms with Gasteiger partial charge in [0.25, 0.3) is 0 Å². The van der Waals surface area contributed by atoms with Crippen LogP contribution in [0.2, 0.25) is 0 Å². The largest absolute Gasteiger partial charge is 0.573 e. The van der Waals surface area contributed by atoms with Crippen molar-refractivity contribution in [3.8, 4) is 22.8 Å². The summed E-state index contributed by atoms with van der Waals surface area (Å²) >= 11 is 0. The zero-order chi connectivity index (χ0) is 27.5. The third kappa shape index (κ3) is 6.99. The van der Waals surface area contributed by atoms with E-state index in [9.17, 15) is 31.1 Å². The van der Waals surface area contributed by atoms with E-state index in [2.05, 4.69) is 9.84 Å². The number of aromatic nitrogens is 3. The van der Waals surface area contributed by atoms with Gasteiger partial charge in [-0.1, -0.05) is 0 Å². The van der Waals surface area contributed by atoms with Gasteiger partial charge in [-0.2, -0.15) is 18.3 Å². The Morgan fingerprint density at radius 1 is 0.947 bits per heavy atom. The number of alkyl halides is 6. The molecule has 4 aromatic rings. The minimum atomic E-state index is -4.87. The smallest absolute Gasteiger partial charge is 0.487 e. The summed E-state index contributed by atoms with van der Waals surface area (Å²) < 4.78 is 93.7. The lowest BCUT2D eigenvalue weighted by atomic mass is 10.1. The van der Waals surface area contributed by atoms with Crippen molar-refractivity contribution in [1.82, 2.24) is 14.3 Å². The lowest BCUT2D eigenvalue weighted by Crippen LogP contribution is -2.21. The second kappa shape index (κ2) is 10.7. The number of hydrogen-bond donors (Lipinski definition) is 0. The van der Waals surface area contributed by atoms with Gasteiger partial charge in [-0.3, -0.25) is 9.48 Å². The Kier molecular flexibility index (Phi) is 7.56. The van der Waals surface area contributed by atoms with Crippen molar-refractivity contribution in [2.75, 3.05) is 6.61 Å². The van der Waals surface area contributed by atoms with E-state index in [-0.39, 0.29) is 31.1 Å². The molecule has 38 heavy (non-hydrogen) atoms. The van der Waals surface area contributed by atoms with E-state index in [0.717, 1.165) is 22.2 Å². The molecular formula is C25H21F6N3O4. The molecule has 13 heteroatoms. The molecule has 0 saturated heterocycles. The maximum Gasteiger partial charge on any atom is 0.573 e. The number of benzene rings is 2. The number of ether oxygens (including phenoxy) is 3. The number of fused-ring (bicyclic) bond motifs is 1. The average Bonchev–Trinajstić information content (AvgIpc) is 3.40. The molecule has 2 aromatic heterocycles. The van der Waals surface area contributed by atoms with E-state index in [1.807, 2.05) is 0 Å². The minimum Gasteiger partial charge on any atom is -0.487 e. The Morgan fingerprint density at radius 3 is 2.32 bits per heavy atom. The third-order valence-electron chi connectivity index (χ3n) is 5.31. The molecule has 0 N–H and O–H groups in total. The van der Waals surface area contributed by atoms with Gasteiger partial charge in [0.2, 0.25) is 0 Å². The molecular weight excluding hydrogens is 520 g/mol. The summed E-state index contributed by atoms with van der Waals surface area (Å²) in [6.45, 7) is 0.259. The van der Waals surface area contributed by atoms with Gasteiger partial charge < -0.3 is 18.8 Å². The van der Waals surface area contributed by atoms with E-state index in [1.165, 1.54) is 18.2 Å². The average molecular weight is 541 g/mol. The first kappa shape index (κ1) is 26.9. The van der Waals surface area contributed by atoms with Gasteiger partial charge in [-0.25, -0.2) is 0 Å². The van der Waals surface area contributed by atoms with E-state index in [1.54, 1.807) is 42.0 Å². The number of carbonyl (C=O) groups is 1. The maximum atomic E-state index is 13.2. The summed E-state index contributed by atoms with van der Waals surface area (Å²) in [4.78, 5) is 11.9. The number of rotatable bonds is 9. The van der Waals surface area contributed by atoms with Gasteiger partial charge in [0.15, 0.2) is 0 Å². The van der Waals surface area contributed by atoms with Crippen LogP contribution in [0.4, 0.5) is 26.3 Å². The zero-order valence-electron chi connectivity index (χ0n) is 19.8.